The molecule has 4 N–H and O–H groups in total. The lowest BCUT2D eigenvalue weighted by molar-refractivity contribution is -0.225. The van der Waals surface area contributed by atoms with E-state index in [4.69, 9.17) is 60.1 Å². The molecule has 6 unspecified atom stereocenters. The van der Waals surface area contributed by atoms with Crippen molar-refractivity contribution in [2.45, 2.75) is 138 Å². The monoisotopic (exact) mass is 1100 g/mol. The van der Waals surface area contributed by atoms with Crippen LogP contribution >= 0.6 is 23.2 Å². The fraction of sp³-hybridized carbons (Fsp3) is 0.520. The molecule has 5 fully saturated rings. The van der Waals surface area contributed by atoms with Crippen LogP contribution in [0.25, 0.3) is 22.3 Å². The molecule has 400 valence electrons. The second kappa shape index (κ2) is 20.8. The predicted octanol–water partition coefficient (Wildman–Crippen LogP) is 7.89. The van der Waals surface area contributed by atoms with E-state index in [9.17, 15) is 19.8 Å². The van der Waals surface area contributed by atoms with Crippen LogP contribution in [0.15, 0.2) is 73.3 Å². The van der Waals surface area contributed by atoms with Crippen LogP contribution in [-0.2, 0) is 31.9 Å². The van der Waals surface area contributed by atoms with E-state index in [-0.39, 0.29) is 62.8 Å². The van der Waals surface area contributed by atoms with Gasteiger partial charge in [-0.25, -0.2) is 9.97 Å². The third-order valence-corrected chi connectivity index (χ3v) is 25.9. The molecule has 2 amide bonds. The summed E-state index contributed by atoms with van der Waals surface area (Å²) in [6.07, 6.45) is 0.340. The second-order valence-corrected chi connectivity index (χ2v) is 30.3. The van der Waals surface area contributed by atoms with Gasteiger partial charge >= 0.3 is 17.1 Å². The van der Waals surface area contributed by atoms with Crippen LogP contribution in [0.3, 0.4) is 0 Å². The zero-order valence-electron chi connectivity index (χ0n) is 42.8. The third-order valence-electron chi connectivity index (χ3n) is 15.1. The van der Waals surface area contributed by atoms with Gasteiger partial charge in [0.1, 0.15) is 46.7 Å². The number of aromatic nitrogens is 8. The van der Waals surface area contributed by atoms with Crippen LogP contribution in [0, 0.1) is 0 Å². The fourth-order valence-corrected chi connectivity index (χ4v) is 22.7. The highest BCUT2D eigenvalue weighted by Crippen LogP contribution is 2.56. The maximum atomic E-state index is 12.9. The van der Waals surface area contributed by atoms with Crippen LogP contribution in [-0.4, -0.2) is 140 Å². The first-order valence-electron chi connectivity index (χ1n) is 25.3. The second-order valence-electron chi connectivity index (χ2n) is 20.8. The minimum Gasteiger partial charge on any atom is -0.414 e. The number of anilines is 2. The van der Waals surface area contributed by atoms with E-state index in [1.807, 2.05) is 16.7 Å². The number of hydrogen-bond acceptors (Lipinski definition) is 17. The summed E-state index contributed by atoms with van der Waals surface area (Å²) in [6, 6.07) is 17.5. The van der Waals surface area contributed by atoms with Crippen LogP contribution in [0.4, 0.5) is 11.9 Å². The van der Waals surface area contributed by atoms with Crippen molar-refractivity contribution in [3.05, 3.63) is 94.8 Å². The molecular formula is C50H62Cl2N10O11Si2. The molecular weight excluding hydrogens is 1040 g/mol. The van der Waals surface area contributed by atoms with Crippen molar-refractivity contribution in [2.24, 2.45) is 0 Å². The largest absolute Gasteiger partial charge is 0.414 e. The highest BCUT2D eigenvalue weighted by Gasteiger charge is 2.69. The number of amides is 2. The Bertz CT molecular complexity index is 3040. The molecule has 5 aliphatic rings. The van der Waals surface area contributed by atoms with E-state index < -0.39 is 65.2 Å². The first kappa shape index (κ1) is 53.5. The number of ether oxygens (including phenoxy) is 4. The Hall–Kier alpha value is -4.87. The van der Waals surface area contributed by atoms with Crippen molar-refractivity contribution in [3.8, 4) is 0 Å². The molecule has 5 aliphatic heterocycles. The van der Waals surface area contributed by atoms with Crippen LogP contribution in [0.1, 0.15) is 101 Å². The number of fused-ring (bicyclic) bond motifs is 4. The van der Waals surface area contributed by atoms with Crippen molar-refractivity contribution in [1.82, 2.24) is 39.0 Å². The predicted molar refractivity (Wildman–Crippen MR) is 281 cm³/mol. The van der Waals surface area contributed by atoms with Gasteiger partial charge in [-0.15, -0.1) is 0 Å². The number of hydrogen-bond donors (Lipinski definition) is 4. The molecule has 2 spiro atoms. The highest BCUT2D eigenvalue weighted by molar-refractivity contribution is 6.84. The number of aliphatic hydroxyl groups is 2. The van der Waals surface area contributed by atoms with E-state index >= 15 is 0 Å². The molecule has 21 nitrogen and oxygen atoms in total. The van der Waals surface area contributed by atoms with Gasteiger partial charge in [-0.3, -0.25) is 29.4 Å². The number of aliphatic hydroxyl groups excluding tert-OH is 2. The zero-order chi connectivity index (χ0) is 53.2. The lowest BCUT2D eigenvalue weighted by Crippen LogP contribution is -2.68. The average Bonchev–Trinajstić information content (AvgIpc) is 4.15. The molecule has 0 aliphatic carbocycles. The Morgan fingerprint density at radius 1 is 0.693 bits per heavy atom. The quantitative estimate of drug-likeness (QED) is 0.0711. The van der Waals surface area contributed by atoms with Crippen molar-refractivity contribution >= 4 is 86.4 Å². The van der Waals surface area contributed by atoms with Gasteiger partial charge in [0, 0.05) is 24.0 Å². The lowest BCUT2D eigenvalue weighted by Gasteiger charge is -2.54. The fourth-order valence-electron chi connectivity index (χ4n) is 11.1. The number of nitrogens with zero attached hydrogens (tertiary/aromatic N) is 8. The Balaban J connectivity index is 0.000000185. The number of rotatable bonds is 11. The molecule has 8 atom stereocenters. The van der Waals surface area contributed by atoms with Crippen molar-refractivity contribution in [1.29, 1.82) is 0 Å². The molecule has 0 bridgehead atoms. The van der Waals surface area contributed by atoms with Crippen molar-refractivity contribution in [3.63, 3.8) is 0 Å². The Morgan fingerprint density at radius 2 is 1.15 bits per heavy atom. The number of benzene rings is 2. The molecule has 9 heterocycles. The molecule has 75 heavy (non-hydrogen) atoms. The first-order chi connectivity index (χ1) is 35.9. The summed E-state index contributed by atoms with van der Waals surface area (Å²) >= 11 is 12.9. The number of imidazole rings is 2. The summed E-state index contributed by atoms with van der Waals surface area (Å²) in [5.74, 6) is -0.657. The number of carbonyl (C=O) groups is 2. The van der Waals surface area contributed by atoms with Crippen molar-refractivity contribution < 1.29 is 51.7 Å². The summed E-state index contributed by atoms with van der Waals surface area (Å²) in [5, 5.41) is 25.7. The van der Waals surface area contributed by atoms with Gasteiger partial charge in [0.25, 0.3) is 11.8 Å². The van der Waals surface area contributed by atoms with E-state index in [0.717, 1.165) is 0 Å². The standard InChI is InChI=1S/C31H44ClN5O6Si2.C19H18ClN5O5/c1-18(2)44(19(3)4)40-16-23-25(42-45(43-44,20(5)6)21(7)8)31(14-15-39-31)29(41-23)37-17-33-24-26(32)34-30(35-27(24)37)36-28(38)22-12-10-9-11-13-22;20-14-12-15(23-18(22-14)24-16(28)10-4-2-1-3-5-10)25(9-21-12)17-19(6-7-29-19)13(27)11(8-26)30-17/h9-13,17-21,23,25,29H,14-16H2,1-8H3,(H,34,35,36,38);1-5,9,11,13,17,26-27H,6-8H2,(H,22,23,24,28)/t23?,25?,29?,31-;11?,13?,17?,19-/m11/s1. The summed E-state index contributed by atoms with van der Waals surface area (Å²) in [6.45, 7) is 18.7. The highest BCUT2D eigenvalue weighted by atomic mass is 35.5. The smallest absolute Gasteiger partial charge is 0.335 e. The van der Waals surface area contributed by atoms with Crippen LogP contribution < -0.4 is 10.6 Å². The number of halogens is 2. The third kappa shape index (κ3) is 9.19. The van der Waals surface area contributed by atoms with Gasteiger partial charge in [-0.05, 0) is 46.4 Å². The van der Waals surface area contributed by atoms with E-state index in [1.165, 1.54) is 6.33 Å². The molecule has 5 saturated heterocycles. The zero-order valence-corrected chi connectivity index (χ0v) is 46.4. The molecule has 0 saturated carbocycles. The van der Waals surface area contributed by atoms with E-state index in [0.29, 0.717) is 66.1 Å². The van der Waals surface area contributed by atoms with E-state index in [1.54, 1.807) is 59.4 Å². The molecule has 4 aromatic heterocycles. The number of carbonyl (C=O) groups excluding carboxylic acids is 2. The molecule has 11 rings (SSSR count). The van der Waals surface area contributed by atoms with Gasteiger partial charge in [-0.1, -0.05) is 115 Å². The minimum atomic E-state index is -2.92. The average molecular weight is 1110 g/mol. The molecule has 2 aromatic carbocycles. The van der Waals surface area contributed by atoms with Gasteiger partial charge < -0.3 is 42.1 Å². The molecule has 0 radical (unpaired) electrons. The molecule has 25 heteroatoms. The lowest BCUT2D eigenvalue weighted by atomic mass is 9.86. The van der Waals surface area contributed by atoms with E-state index in [2.05, 4.69) is 90.9 Å². The summed E-state index contributed by atoms with van der Waals surface area (Å²) in [4.78, 5) is 51.7. The van der Waals surface area contributed by atoms with Gasteiger partial charge in [0.05, 0.1) is 39.1 Å². The van der Waals surface area contributed by atoms with Crippen LogP contribution in [0.5, 0.6) is 0 Å². The maximum Gasteiger partial charge on any atom is 0.335 e. The van der Waals surface area contributed by atoms with Crippen LogP contribution in [0.2, 0.25) is 32.5 Å². The van der Waals surface area contributed by atoms with Gasteiger partial charge in [-0.2, -0.15) is 19.9 Å². The Kier molecular flexibility index (Phi) is 14.9. The summed E-state index contributed by atoms with van der Waals surface area (Å²) in [7, 11) is -5.67. The van der Waals surface area contributed by atoms with Gasteiger partial charge in [0.15, 0.2) is 34.1 Å². The number of nitrogens with one attached hydrogen (secondary N) is 2. The first-order valence-corrected chi connectivity index (χ1v) is 30.0. The Labute approximate surface area is 445 Å². The SMILES string of the molecule is CC(C)[Si]1(C(C)C)OCC2OC(n3cnc4c(Cl)nc(NC(=O)c5ccccc5)nc43)[C@@]3(CCO3)C2O[Si](C(C)C)(C(C)C)O1.O=C(Nc1nc(Cl)c2ncn(C3OC(CO)C(O)[C@]34CCO4)c2n1)c1ccccc1. The topological polar surface area (TPSA) is 250 Å². The molecule has 6 aromatic rings. The van der Waals surface area contributed by atoms with Crippen molar-refractivity contribution in [2.75, 3.05) is 37.1 Å². The normalized spacial score (nSPS) is 27.8. The maximum absolute atomic E-state index is 12.9. The minimum absolute atomic E-state index is 0.00364. The Morgan fingerprint density at radius 3 is 1.56 bits per heavy atom. The summed E-state index contributed by atoms with van der Waals surface area (Å²) in [5.41, 5.74) is 1.31. The van der Waals surface area contributed by atoms with Gasteiger partial charge in [0.2, 0.25) is 11.9 Å². The summed E-state index contributed by atoms with van der Waals surface area (Å²) < 4.78 is 50.2.